The third kappa shape index (κ3) is 8.80. The third-order valence-electron chi connectivity index (χ3n) is 7.89. The number of anilines is 1. The Morgan fingerprint density at radius 3 is 2.04 bits per heavy atom. The van der Waals surface area contributed by atoms with Crippen molar-refractivity contribution in [2.75, 3.05) is 17.6 Å². The molecule has 0 fully saturated rings. The molecule has 0 aromatic heterocycles. The van der Waals surface area contributed by atoms with Crippen molar-refractivity contribution in [1.82, 2.24) is 5.32 Å². The molecule has 0 aliphatic carbocycles. The van der Waals surface area contributed by atoms with E-state index in [9.17, 15) is 28.2 Å². The highest BCUT2D eigenvalue weighted by Crippen LogP contribution is 2.32. The van der Waals surface area contributed by atoms with Gasteiger partial charge in [0.05, 0.1) is 11.7 Å². The van der Waals surface area contributed by atoms with Crippen molar-refractivity contribution in [2.24, 2.45) is 0 Å². The predicted molar refractivity (Wildman–Crippen MR) is 187 cm³/mol. The lowest BCUT2D eigenvalue weighted by Crippen LogP contribution is -2.28. The number of nitrogens with one attached hydrogen (secondary N) is 2. The van der Waals surface area contributed by atoms with Crippen molar-refractivity contribution in [3.63, 3.8) is 0 Å². The second-order valence-electron chi connectivity index (χ2n) is 11.3. The van der Waals surface area contributed by atoms with E-state index in [4.69, 9.17) is 16.2 Å². The van der Waals surface area contributed by atoms with Crippen molar-refractivity contribution >= 4 is 39.2 Å². The Bertz CT molecular complexity index is 2050. The average Bonchev–Trinajstić information content (AvgIpc) is 3.05. The van der Waals surface area contributed by atoms with Gasteiger partial charge in [-0.3, -0.25) is 14.1 Å². The first-order chi connectivity index (χ1) is 22.9. The zero-order valence-electron chi connectivity index (χ0n) is 25.9. The molecule has 1 unspecified atom stereocenters. The monoisotopic (exact) mass is 684 g/mol. The van der Waals surface area contributed by atoms with E-state index in [1.165, 1.54) is 12.1 Å². The minimum Gasteiger partial charge on any atom is -0.504 e. The number of hydrogen-bond donors (Lipinski definition) is 5. The summed E-state index contributed by atoms with van der Waals surface area (Å²) in [6, 6.07) is 31.8. The number of benzene rings is 5. The van der Waals surface area contributed by atoms with Gasteiger partial charge in [0.1, 0.15) is 0 Å². The van der Waals surface area contributed by atoms with E-state index in [2.05, 4.69) is 10.6 Å². The van der Waals surface area contributed by atoms with Crippen LogP contribution in [0.15, 0.2) is 109 Å². The van der Waals surface area contributed by atoms with Crippen LogP contribution >= 0.6 is 11.6 Å². The summed E-state index contributed by atoms with van der Waals surface area (Å²) in [6.07, 6.45) is 0.303. The van der Waals surface area contributed by atoms with Gasteiger partial charge in [0, 0.05) is 22.8 Å². The molecule has 0 saturated heterocycles. The molecule has 0 bridgehead atoms. The lowest BCUT2D eigenvalue weighted by atomic mass is 9.89. The second kappa shape index (κ2) is 14.7. The molecule has 246 valence electrons. The van der Waals surface area contributed by atoms with E-state index in [0.717, 1.165) is 33.4 Å². The van der Waals surface area contributed by atoms with Gasteiger partial charge in [-0.05, 0) is 101 Å². The summed E-state index contributed by atoms with van der Waals surface area (Å²) in [5.74, 6) is -2.41. The largest absolute Gasteiger partial charge is 0.504 e. The topological polar surface area (TPSA) is 153 Å². The van der Waals surface area contributed by atoms with Gasteiger partial charge < -0.3 is 20.8 Å². The Morgan fingerprint density at radius 2 is 1.42 bits per heavy atom. The van der Waals surface area contributed by atoms with Crippen LogP contribution in [0.3, 0.4) is 0 Å². The van der Waals surface area contributed by atoms with Crippen LogP contribution in [0.4, 0.5) is 5.69 Å². The molecule has 5 aromatic carbocycles. The van der Waals surface area contributed by atoms with E-state index >= 15 is 0 Å². The van der Waals surface area contributed by atoms with Gasteiger partial charge in [-0.2, -0.15) is 8.42 Å². The number of aromatic hydroxyl groups is 2. The van der Waals surface area contributed by atoms with E-state index in [1.54, 1.807) is 30.3 Å². The summed E-state index contributed by atoms with van der Waals surface area (Å²) >= 11 is 6.12. The van der Waals surface area contributed by atoms with E-state index in [-0.39, 0.29) is 24.0 Å². The molecule has 0 aliphatic rings. The van der Waals surface area contributed by atoms with E-state index in [0.29, 0.717) is 28.3 Å². The lowest BCUT2D eigenvalue weighted by molar-refractivity contribution is -0.117. The van der Waals surface area contributed by atoms with Crippen LogP contribution in [-0.2, 0) is 21.3 Å². The minimum atomic E-state index is -4.20. The van der Waals surface area contributed by atoms with Crippen molar-refractivity contribution in [3.8, 4) is 33.8 Å². The number of phenols is 2. The van der Waals surface area contributed by atoms with Crippen LogP contribution in [0.25, 0.3) is 22.3 Å². The highest BCUT2D eigenvalue weighted by atomic mass is 35.5. The van der Waals surface area contributed by atoms with Crippen LogP contribution < -0.4 is 10.6 Å². The van der Waals surface area contributed by atoms with Gasteiger partial charge in [0.25, 0.3) is 16.0 Å². The fourth-order valence-electron chi connectivity index (χ4n) is 5.31. The molecule has 5 N–H and O–H groups in total. The van der Waals surface area contributed by atoms with Gasteiger partial charge in [0.15, 0.2) is 11.5 Å². The third-order valence-corrected chi connectivity index (χ3v) is 8.85. The fourth-order valence-corrected chi connectivity index (χ4v) is 5.90. The molecule has 5 rings (SSSR count). The zero-order chi connectivity index (χ0) is 34.4. The molecule has 0 heterocycles. The minimum absolute atomic E-state index is 0.218. The SMILES string of the molecule is Cc1cc(Cl)ccc1-c1ccc(NC(=O)C(Cc2ccc(C(=O)NCCS(=O)(=O)O)cc2)c2ccc(-c3ccc(O)c(O)c3)cc2)cc1. The Kier molecular flexibility index (Phi) is 10.5. The normalized spacial score (nSPS) is 11.9. The van der Waals surface area contributed by atoms with Crippen molar-refractivity contribution in [1.29, 1.82) is 0 Å². The molecule has 1 atom stereocenters. The number of amides is 2. The van der Waals surface area contributed by atoms with Crippen LogP contribution in [0, 0.1) is 6.92 Å². The summed E-state index contributed by atoms with van der Waals surface area (Å²) in [7, 11) is -4.20. The van der Waals surface area contributed by atoms with Gasteiger partial charge >= 0.3 is 0 Å². The molecule has 0 spiro atoms. The summed E-state index contributed by atoms with van der Waals surface area (Å²) in [5.41, 5.74) is 6.97. The number of carbonyl (C=O) groups excluding carboxylic acids is 2. The number of hydrogen-bond acceptors (Lipinski definition) is 6. The number of rotatable bonds is 11. The maximum Gasteiger partial charge on any atom is 0.266 e. The number of aryl methyl sites for hydroxylation is 1. The first kappa shape index (κ1) is 34.2. The van der Waals surface area contributed by atoms with Crippen LogP contribution in [0.2, 0.25) is 5.02 Å². The molecule has 48 heavy (non-hydrogen) atoms. The van der Waals surface area contributed by atoms with Crippen molar-refractivity contribution in [3.05, 3.63) is 136 Å². The maximum absolute atomic E-state index is 13.9. The molecule has 11 heteroatoms. The van der Waals surface area contributed by atoms with Gasteiger partial charge in [-0.1, -0.05) is 72.3 Å². The summed E-state index contributed by atoms with van der Waals surface area (Å²) in [5, 5.41) is 25.8. The van der Waals surface area contributed by atoms with Crippen molar-refractivity contribution in [2.45, 2.75) is 19.3 Å². The Labute approximate surface area is 283 Å². The Morgan fingerprint density at radius 1 is 0.771 bits per heavy atom. The summed E-state index contributed by atoms with van der Waals surface area (Å²) in [4.78, 5) is 26.3. The van der Waals surface area contributed by atoms with E-state index < -0.39 is 27.7 Å². The van der Waals surface area contributed by atoms with Crippen molar-refractivity contribution < 1.29 is 32.8 Å². The molecule has 9 nitrogen and oxygen atoms in total. The molecule has 5 aromatic rings. The summed E-state index contributed by atoms with van der Waals surface area (Å²) in [6.45, 7) is 1.75. The Balaban J connectivity index is 1.37. The molecule has 0 radical (unpaired) electrons. The lowest BCUT2D eigenvalue weighted by Gasteiger charge is -2.19. The molecule has 0 aliphatic heterocycles. The Hall–Kier alpha value is -5.16. The summed E-state index contributed by atoms with van der Waals surface area (Å²) < 4.78 is 30.8. The van der Waals surface area contributed by atoms with E-state index in [1.807, 2.05) is 73.7 Å². The highest BCUT2D eigenvalue weighted by Gasteiger charge is 2.22. The number of halogens is 1. The molecule has 2 amide bonds. The smallest absolute Gasteiger partial charge is 0.266 e. The van der Waals surface area contributed by atoms with Gasteiger partial charge in [-0.25, -0.2) is 0 Å². The maximum atomic E-state index is 13.9. The first-order valence-corrected chi connectivity index (χ1v) is 17.0. The predicted octanol–water partition coefficient (Wildman–Crippen LogP) is 6.98. The average molecular weight is 685 g/mol. The number of phenolic OH excluding ortho intramolecular Hbond substituents is 2. The van der Waals surface area contributed by atoms with Crippen LogP contribution in [0.1, 0.15) is 33.0 Å². The molecular formula is C37H33ClN2O7S. The van der Waals surface area contributed by atoms with Gasteiger partial charge in [0.2, 0.25) is 5.91 Å². The quantitative estimate of drug-likeness (QED) is 0.0744. The molecule has 0 saturated carbocycles. The zero-order valence-corrected chi connectivity index (χ0v) is 27.4. The van der Waals surface area contributed by atoms with Crippen LogP contribution in [-0.4, -0.2) is 47.3 Å². The van der Waals surface area contributed by atoms with Crippen LogP contribution in [0.5, 0.6) is 11.5 Å². The highest BCUT2D eigenvalue weighted by molar-refractivity contribution is 7.85. The molecular weight excluding hydrogens is 652 g/mol. The fraction of sp³-hybridized carbons (Fsp3) is 0.135. The number of carbonyl (C=O) groups is 2. The standard InChI is InChI=1S/C37H33ClN2O7S/c1-23-20-30(38)13-16-32(23)26-10-14-31(15-11-26)40-37(44)33(27-8-6-25(7-9-27)29-12-17-34(41)35(42)22-29)21-24-2-4-28(5-3-24)36(43)39-18-19-48(45,46)47/h2-17,20,22,33,41-42H,18-19,21H2,1H3,(H,39,43)(H,40,44)(H,45,46,47). The second-order valence-corrected chi connectivity index (χ2v) is 13.4. The van der Waals surface area contributed by atoms with Gasteiger partial charge in [-0.15, -0.1) is 0 Å². The first-order valence-electron chi connectivity index (χ1n) is 15.0.